The average molecular weight is 198 g/mol. The molecule has 0 radical (unpaired) electrons. The molecule has 0 aliphatic rings. The van der Waals surface area contributed by atoms with Gasteiger partial charge in [0.05, 0.1) is 6.04 Å². The molecular weight excluding hydrogens is 184 g/mol. The third-order valence-electron chi connectivity index (χ3n) is 1.86. The molecule has 0 saturated heterocycles. The van der Waals surface area contributed by atoms with Crippen LogP contribution in [0.1, 0.15) is 43.3 Å². The largest absolute Gasteiger partial charge is 0.363 e. The van der Waals surface area contributed by atoms with Crippen molar-refractivity contribution in [1.82, 2.24) is 10.1 Å². The molecule has 0 aliphatic heterocycles. The third-order valence-corrected chi connectivity index (χ3v) is 1.86. The molecule has 1 rings (SSSR count). The van der Waals surface area contributed by atoms with Crippen LogP contribution in [0.25, 0.3) is 0 Å². The topological polar surface area (TPSA) is 108 Å². The van der Waals surface area contributed by atoms with Gasteiger partial charge in [0.15, 0.2) is 0 Å². The summed E-state index contributed by atoms with van der Waals surface area (Å²) in [6.07, 6.45) is 0. The summed E-state index contributed by atoms with van der Waals surface area (Å²) in [5, 5.41) is 3.41. The van der Waals surface area contributed by atoms with Crippen molar-refractivity contribution < 1.29 is 9.32 Å². The number of amides is 1. The van der Waals surface area contributed by atoms with Crippen LogP contribution < -0.4 is 11.5 Å². The Kier molecular flexibility index (Phi) is 2.57. The summed E-state index contributed by atoms with van der Waals surface area (Å²) in [6.45, 7) is 5.81. The van der Waals surface area contributed by atoms with Gasteiger partial charge in [0.2, 0.25) is 5.89 Å². The fraction of sp³-hybridized carbons (Fsp3) is 0.625. The van der Waals surface area contributed by atoms with Crippen molar-refractivity contribution in [3.8, 4) is 0 Å². The fourth-order valence-electron chi connectivity index (χ4n) is 0.832. The number of primary amides is 1. The number of carbonyl (C=O) groups excluding carboxylic acids is 1. The number of hydrogen-bond donors (Lipinski definition) is 2. The lowest BCUT2D eigenvalue weighted by Gasteiger charge is -2.23. The molecule has 0 aromatic carbocycles. The lowest BCUT2D eigenvalue weighted by molar-refractivity contribution is 0.0987. The van der Waals surface area contributed by atoms with E-state index in [0.29, 0.717) is 0 Å². The lowest BCUT2D eigenvalue weighted by Crippen LogP contribution is -2.26. The van der Waals surface area contributed by atoms with Gasteiger partial charge in [-0.2, -0.15) is 4.98 Å². The van der Waals surface area contributed by atoms with Crippen LogP contribution in [0, 0.1) is 5.41 Å². The van der Waals surface area contributed by atoms with Gasteiger partial charge < -0.3 is 16.0 Å². The Morgan fingerprint density at radius 2 is 2.07 bits per heavy atom. The SMILES string of the molecule is CC(C)(C)C(N)c1nc(C(N)=O)no1. The van der Waals surface area contributed by atoms with Crippen molar-refractivity contribution in [3.63, 3.8) is 0 Å². The molecule has 4 N–H and O–H groups in total. The van der Waals surface area contributed by atoms with Gasteiger partial charge in [0.25, 0.3) is 11.7 Å². The second kappa shape index (κ2) is 3.38. The second-order valence-electron chi connectivity index (χ2n) is 4.16. The number of carbonyl (C=O) groups is 1. The van der Waals surface area contributed by atoms with Gasteiger partial charge in [-0.3, -0.25) is 4.79 Å². The molecule has 14 heavy (non-hydrogen) atoms. The molecule has 1 aromatic heterocycles. The van der Waals surface area contributed by atoms with Crippen LogP contribution in [0.2, 0.25) is 0 Å². The van der Waals surface area contributed by atoms with Crippen molar-refractivity contribution in [2.45, 2.75) is 26.8 Å². The number of nitrogens with zero attached hydrogens (tertiary/aromatic N) is 2. The fourth-order valence-corrected chi connectivity index (χ4v) is 0.832. The van der Waals surface area contributed by atoms with E-state index >= 15 is 0 Å². The molecule has 1 amide bonds. The predicted molar refractivity (Wildman–Crippen MR) is 49.2 cm³/mol. The van der Waals surface area contributed by atoms with E-state index in [1.165, 1.54) is 0 Å². The van der Waals surface area contributed by atoms with Crippen LogP contribution in [0.5, 0.6) is 0 Å². The minimum Gasteiger partial charge on any atom is -0.363 e. The van der Waals surface area contributed by atoms with Crippen molar-refractivity contribution >= 4 is 5.91 Å². The molecule has 0 spiro atoms. The quantitative estimate of drug-likeness (QED) is 0.706. The highest BCUT2D eigenvalue weighted by Gasteiger charge is 2.28. The normalized spacial score (nSPS) is 14.0. The summed E-state index contributed by atoms with van der Waals surface area (Å²) in [6, 6.07) is -0.414. The minimum atomic E-state index is -0.721. The van der Waals surface area contributed by atoms with E-state index in [4.69, 9.17) is 16.0 Å². The first-order valence-electron chi connectivity index (χ1n) is 4.21. The molecule has 78 valence electrons. The van der Waals surface area contributed by atoms with Crippen molar-refractivity contribution in [2.75, 3.05) is 0 Å². The van der Waals surface area contributed by atoms with Crippen molar-refractivity contribution in [2.24, 2.45) is 16.9 Å². The number of nitrogens with two attached hydrogens (primary N) is 2. The molecule has 0 aliphatic carbocycles. The van der Waals surface area contributed by atoms with Gasteiger partial charge in [-0.25, -0.2) is 0 Å². The first-order chi connectivity index (χ1) is 6.32. The van der Waals surface area contributed by atoms with Gasteiger partial charge in [0.1, 0.15) is 0 Å². The maximum absolute atomic E-state index is 10.7. The highest BCUT2D eigenvalue weighted by Crippen LogP contribution is 2.28. The Bertz CT molecular complexity index is 339. The van der Waals surface area contributed by atoms with Gasteiger partial charge in [-0.05, 0) is 5.41 Å². The summed E-state index contributed by atoms with van der Waals surface area (Å²) in [5.74, 6) is -0.632. The lowest BCUT2D eigenvalue weighted by atomic mass is 9.87. The van der Waals surface area contributed by atoms with Crippen LogP contribution >= 0.6 is 0 Å². The minimum absolute atomic E-state index is 0.139. The molecule has 6 heteroatoms. The third kappa shape index (κ3) is 2.08. The zero-order valence-corrected chi connectivity index (χ0v) is 8.44. The summed E-state index contributed by atoms with van der Waals surface area (Å²) >= 11 is 0. The molecule has 1 atom stereocenters. The van der Waals surface area contributed by atoms with E-state index in [1.807, 2.05) is 20.8 Å². The van der Waals surface area contributed by atoms with Gasteiger partial charge >= 0.3 is 0 Å². The molecule has 0 saturated carbocycles. The predicted octanol–water partition coefficient (Wildman–Crippen LogP) is 0.214. The van der Waals surface area contributed by atoms with Crippen molar-refractivity contribution in [1.29, 1.82) is 0 Å². The Hall–Kier alpha value is -1.43. The Morgan fingerprint density at radius 1 is 1.50 bits per heavy atom. The maximum Gasteiger partial charge on any atom is 0.290 e. The number of rotatable bonds is 2. The summed E-state index contributed by atoms with van der Waals surface area (Å²) in [4.78, 5) is 14.5. The maximum atomic E-state index is 10.7. The molecule has 0 bridgehead atoms. The molecule has 1 heterocycles. The van der Waals surface area contributed by atoms with Crippen LogP contribution in [-0.2, 0) is 0 Å². The Morgan fingerprint density at radius 3 is 2.43 bits per heavy atom. The first kappa shape index (κ1) is 10.6. The van der Waals surface area contributed by atoms with E-state index in [9.17, 15) is 4.79 Å². The average Bonchev–Trinajstić information content (AvgIpc) is 2.48. The Labute approximate surface area is 81.6 Å². The summed E-state index contributed by atoms with van der Waals surface area (Å²) in [5.41, 5.74) is 10.6. The van der Waals surface area contributed by atoms with Gasteiger partial charge in [-0.1, -0.05) is 25.9 Å². The molecule has 0 fully saturated rings. The molecule has 1 unspecified atom stereocenters. The summed E-state index contributed by atoms with van der Waals surface area (Å²) in [7, 11) is 0. The van der Waals surface area contributed by atoms with E-state index in [2.05, 4.69) is 10.1 Å². The van der Waals surface area contributed by atoms with E-state index in [0.717, 1.165) is 0 Å². The highest BCUT2D eigenvalue weighted by atomic mass is 16.5. The van der Waals surface area contributed by atoms with Crippen LogP contribution in [0.4, 0.5) is 0 Å². The molecular formula is C8H14N4O2. The first-order valence-corrected chi connectivity index (χ1v) is 4.21. The van der Waals surface area contributed by atoms with Crippen LogP contribution in [0.3, 0.4) is 0 Å². The zero-order valence-electron chi connectivity index (χ0n) is 8.44. The highest BCUT2D eigenvalue weighted by molar-refractivity contribution is 5.88. The molecule has 6 nitrogen and oxygen atoms in total. The van der Waals surface area contributed by atoms with E-state index < -0.39 is 11.9 Å². The van der Waals surface area contributed by atoms with Crippen molar-refractivity contribution in [3.05, 3.63) is 11.7 Å². The number of aromatic nitrogens is 2. The zero-order chi connectivity index (χ0) is 10.9. The van der Waals surface area contributed by atoms with E-state index in [-0.39, 0.29) is 17.1 Å². The monoisotopic (exact) mass is 198 g/mol. The smallest absolute Gasteiger partial charge is 0.290 e. The molecule has 1 aromatic rings. The summed E-state index contributed by atoms with van der Waals surface area (Å²) < 4.78 is 4.83. The standard InChI is InChI=1S/C8H14N4O2/c1-8(2,3)4(9)7-11-6(5(10)13)12-14-7/h4H,9H2,1-3H3,(H2,10,13). The van der Waals surface area contributed by atoms with Crippen LogP contribution in [0.15, 0.2) is 4.52 Å². The van der Waals surface area contributed by atoms with Gasteiger partial charge in [0, 0.05) is 0 Å². The van der Waals surface area contributed by atoms with Gasteiger partial charge in [-0.15, -0.1) is 0 Å². The van der Waals surface area contributed by atoms with E-state index in [1.54, 1.807) is 0 Å². The number of hydrogen-bond acceptors (Lipinski definition) is 5. The Balaban J connectivity index is 2.92. The van der Waals surface area contributed by atoms with Crippen LogP contribution in [-0.4, -0.2) is 16.0 Å². The second-order valence-corrected chi connectivity index (χ2v) is 4.16.